The molecule has 0 saturated heterocycles. The Hall–Kier alpha value is 0. The first kappa shape index (κ1) is 28.0. The summed E-state index contributed by atoms with van der Waals surface area (Å²) in [6.07, 6.45) is 14.1. The van der Waals surface area contributed by atoms with Gasteiger partial charge in [0.25, 0.3) is 0 Å². The van der Waals surface area contributed by atoms with Crippen molar-refractivity contribution in [3.8, 4) is 0 Å². The second-order valence-corrected chi connectivity index (χ2v) is 9.49. The Morgan fingerprint density at radius 3 is 1.68 bits per heavy atom. The zero-order chi connectivity index (χ0) is 21.9. The van der Waals surface area contributed by atoms with Crippen molar-refractivity contribution in [1.82, 2.24) is 0 Å². The van der Waals surface area contributed by atoms with E-state index in [-0.39, 0.29) is 0 Å². The van der Waals surface area contributed by atoms with E-state index >= 15 is 0 Å². The average Bonchev–Trinajstić information content (AvgIpc) is 3.16. The van der Waals surface area contributed by atoms with Gasteiger partial charge in [-0.05, 0) is 85.4 Å². The molecule has 0 aromatic rings. The van der Waals surface area contributed by atoms with Crippen LogP contribution in [-0.4, -0.2) is 0 Å². The molecular formula is C28H58. The summed E-state index contributed by atoms with van der Waals surface area (Å²) in [4.78, 5) is 0. The molecule has 28 heavy (non-hydrogen) atoms. The van der Waals surface area contributed by atoms with Gasteiger partial charge >= 0.3 is 0 Å². The van der Waals surface area contributed by atoms with Crippen LogP contribution in [0.25, 0.3) is 0 Å². The summed E-state index contributed by atoms with van der Waals surface area (Å²) in [5, 5.41) is 0. The van der Waals surface area contributed by atoms with E-state index in [9.17, 15) is 0 Å². The van der Waals surface area contributed by atoms with E-state index in [1.54, 1.807) is 44.9 Å². The molecule has 0 heteroatoms. The Balaban J connectivity index is 0.000000818. The molecule has 7 unspecified atom stereocenters. The van der Waals surface area contributed by atoms with Crippen LogP contribution >= 0.6 is 0 Å². The Kier molecular flexibility index (Phi) is 14.1. The van der Waals surface area contributed by atoms with Crippen LogP contribution in [0.5, 0.6) is 0 Å². The van der Waals surface area contributed by atoms with Gasteiger partial charge in [-0.1, -0.05) is 95.4 Å². The lowest BCUT2D eigenvalue weighted by molar-refractivity contribution is 0.0284. The standard InChI is InChI=1S/C20H34.4C2H6/c1-13-18-12-19-15-7-5-4-6-14(15)8-9-16(19)17(18)10-11-20(13,2)3;4*1-2/h13-19H,4-12H2,1-3H3;4*1-2H3. The summed E-state index contributed by atoms with van der Waals surface area (Å²) in [6.45, 7) is 23.7. The molecule has 0 aromatic heterocycles. The smallest absolute Gasteiger partial charge is 0.0326 e. The highest BCUT2D eigenvalue weighted by Crippen LogP contribution is 2.63. The van der Waals surface area contributed by atoms with Gasteiger partial charge in [0, 0.05) is 0 Å². The van der Waals surface area contributed by atoms with Crippen molar-refractivity contribution >= 4 is 0 Å². The topological polar surface area (TPSA) is 0 Å². The first-order valence-electron chi connectivity index (χ1n) is 13.6. The molecule has 0 aromatic carbocycles. The quantitative estimate of drug-likeness (QED) is 0.383. The fourth-order valence-electron chi connectivity index (χ4n) is 7.13. The third-order valence-corrected chi connectivity index (χ3v) is 8.58. The van der Waals surface area contributed by atoms with Gasteiger partial charge in [-0.15, -0.1) is 0 Å². The highest BCUT2D eigenvalue weighted by Gasteiger charge is 2.54. The lowest BCUT2D eigenvalue weighted by Gasteiger charge is -2.47. The summed E-state index contributed by atoms with van der Waals surface area (Å²) >= 11 is 0. The molecule has 0 radical (unpaired) electrons. The summed E-state index contributed by atoms with van der Waals surface area (Å²) in [5.74, 6) is 7.71. The van der Waals surface area contributed by atoms with Gasteiger partial charge in [-0.3, -0.25) is 0 Å². The largest absolute Gasteiger partial charge is 0.0683 e. The van der Waals surface area contributed by atoms with E-state index in [0.29, 0.717) is 5.41 Å². The molecule has 4 rings (SSSR count). The van der Waals surface area contributed by atoms with E-state index in [0.717, 1.165) is 41.4 Å². The molecule has 0 spiro atoms. The Morgan fingerprint density at radius 1 is 0.536 bits per heavy atom. The van der Waals surface area contributed by atoms with Gasteiger partial charge in [-0.25, -0.2) is 0 Å². The molecule has 0 bridgehead atoms. The van der Waals surface area contributed by atoms with Gasteiger partial charge in [0.05, 0.1) is 0 Å². The Morgan fingerprint density at radius 2 is 1.07 bits per heavy atom. The second-order valence-electron chi connectivity index (χ2n) is 9.49. The summed E-state index contributed by atoms with van der Waals surface area (Å²) in [7, 11) is 0. The van der Waals surface area contributed by atoms with Crippen LogP contribution in [0.15, 0.2) is 0 Å². The predicted molar refractivity (Wildman–Crippen MR) is 131 cm³/mol. The molecule has 0 heterocycles. The summed E-state index contributed by atoms with van der Waals surface area (Å²) < 4.78 is 0. The normalized spacial score (nSPS) is 39.3. The molecule has 7 atom stereocenters. The minimum atomic E-state index is 0.612. The SMILES string of the molecule is CC.CC.CC.CC.CC1C2CC3C4CCCCC4CCC3C2CCC1(C)C. The highest BCUT2D eigenvalue weighted by molar-refractivity contribution is 5.04. The minimum Gasteiger partial charge on any atom is -0.0683 e. The van der Waals surface area contributed by atoms with Crippen molar-refractivity contribution in [3.63, 3.8) is 0 Å². The van der Waals surface area contributed by atoms with Crippen molar-refractivity contribution in [2.45, 2.75) is 134 Å². The molecule has 170 valence electrons. The van der Waals surface area contributed by atoms with Crippen LogP contribution in [-0.2, 0) is 0 Å². The molecule has 0 N–H and O–H groups in total. The maximum atomic E-state index is 2.59. The molecule has 4 saturated carbocycles. The van der Waals surface area contributed by atoms with E-state index in [2.05, 4.69) is 20.8 Å². The lowest BCUT2D eigenvalue weighted by atomic mass is 9.59. The maximum Gasteiger partial charge on any atom is -0.0326 e. The van der Waals surface area contributed by atoms with Gasteiger partial charge in [0.1, 0.15) is 0 Å². The zero-order valence-corrected chi connectivity index (χ0v) is 21.9. The maximum absolute atomic E-state index is 2.59. The van der Waals surface area contributed by atoms with Crippen LogP contribution in [0.4, 0.5) is 0 Å². The third-order valence-electron chi connectivity index (χ3n) is 8.58. The first-order valence-corrected chi connectivity index (χ1v) is 13.6. The van der Waals surface area contributed by atoms with E-state index in [4.69, 9.17) is 0 Å². The Bertz CT molecular complexity index is 368. The predicted octanol–water partition coefficient (Wildman–Crippen LogP) is 10.0. The minimum absolute atomic E-state index is 0.612. The number of fused-ring (bicyclic) bond motifs is 5. The van der Waals surface area contributed by atoms with Crippen LogP contribution in [0.1, 0.15) is 134 Å². The van der Waals surface area contributed by atoms with Crippen molar-refractivity contribution in [1.29, 1.82) is 0 Å². The summed E-state index contributed by atoms with van der Waals surface area (Å²) in [5.41, 5.74) is 0.612. The molecule has 0 aliphatic heterocycles. The van der Waals surface area contributed by atoms with Gasteiger partial charge in [0.15, 0.2) is 0 Å². The molecule has 0 amide bonds. The first-order chi connectivity index (χ1) is 13.6. The molecule has 0 nitrogen and oxygen atoms in total. The van der Waals surface area contributed by atoms with Gasteiger partial charge in [-0.2, -0.15) is 0 Å². The van der Waals surface area contributed by atoms with Crippen molar-refractivity contribution in [3.05, 3.63) is 0 Å². The van der Waals surface area contributed by atoms with Crippen molar-refractivity contribution in [2.24, 2.45) is 46.8 Å². The van der Waals surface area contributed by atoms with E-state index in [1.807, 2.05) is 55.4 Å². The Labute approximate surface area is 181 Å². The zero-order valence-electron chi connectivity index (χ0n) is 21.9. The lowest BCUT2D eigenvalue weighted by Crippen LogP contribution is -2.38. The van der Waals surface area contributed by atoms with Crippen LogP contribution in [0, 0.1) is 46.8 Å². The third kappa shape index (κ3) is 6.01. The van der Waals surface area contributed by atoms with Crippen LogP contribution in [0.3, 0.4) is 0 Å². The second kappa shape index (κ2) is 14.1. The fourth-order valence-corrected chi connectivity index (χ4v) is 7.13. The van der Waals surface area contributed by atoms with E-state index < -0.39 is 0 Å². The molecule has 4 fully saturated rings. The van der Waals surface area contributed by atoms with Crippen LogP contribution in [0.2, 0.25) is 0 Å². The molecular weight excluding hydrogens is 336 g/mol. The summed E-state index contributed by atoms with van der Waals surface area (Å²) in [6, 6.07) is 0. The highest BCUT2D eigenvalue weighted by atomic mass is 14.6. The van der Waals surface area contributed by atoms with Crippen molar-refractivity contribution in [2.75, 3.05) is 0 Å². The van der Waals surface area contributed by atoms with Gasteiger partial charge < -0.3 is 0 Å². The van der Waals surface area contributed by atoms with E-state index in [1.165, 1.54) is 12.8 Å². The molecule has 4 aliphatic rings. The van der Waals surface area contributed by atoms with Crippen LogP contribution < -0.4 is 0 Å². The fraction of sp³-hybridized carbons (Fsp3) is 1.00. The number of rotatable bonds is 0. The number of hydrogen-bond donors (Lipinski definition) is 0. The monoisotopic (exact) mass is 394 g/mol. The molecule has 4 aliphatic carbocycles. The average molecular weight is 395 g/mol. The van der Waals surface area contributed by atoms with Crippen molar-refractivity contribution < 1.29 is 0 Å². The number of hydrogen-bond acceptors (Lipinski definition) is 0. The van der Waals surface area contributed by atoms with Gasteiger partial charge in [0.2, 0.25) is 0 Å².